The summed E-state index contributed by atoms with van der Waals surface area (Å²) in [5, 5.41) is 7.96. The van der Waals surface area contributed by atoms with Crippen molar-refractivity contribution in [3.8, 4) is 11.3 Å². The maximum atomic E-state index is 13.8. The van der Waals surface area contributed by atoms with Crippen LogP contribution in [0.4, 0.5) is 0 Å². The van der Waals surface area contributed by atoms with Crippen LogP contribution in [0.1, 0.15) is 66.6 Å². The van der Waals surface area contributed by atoms with Crippen LogP contribution in [0.5, 0.6) is 0 Å². The number of amides is 2. The van der Waals surface area contributed by atoms with Crippen molar-refractivity contribution < 1.29 is 14.1 Å². The summed E-state index contributed by atoms with van der Waals surface area (Å²) < 4.78 is 5.46. The number of pyridine rings is 1. The number of nitrogens with one attached hydrogen (secondary N) is 1. The Morgan fingerprint density at radius 3 is 2.56 bits per heavy atom. The number of benzene rings is 1. The lowest BCUT2D eigenvalue weighted by Crippen LogP contribution is -2.48. The number of hydrogen-bond acceptors (Lipinski definition) is 5. The van der Waals surface area contributed by atoms with Crippen molar-refractivity contribution in [2.45, 2.75) is 64.8 Å². The molecule has 7 nitrogen and oxygen atoms in total. The van der Waals surface area contributed by atoms with E-state index in [4.69, 9.17) is 4.52 Å². The van der Waals surface area contributed by atoms with Crippen molar-refractivity contribution in [2.75, 3.05) is 13.1 Å². The Morgan fingerprint density at radius 2 is 1.79 bits per heavy atom. The Kier molecular flexibility index (Phi) is 6.35. The monoisotopic (exact) mass is 460 g/mol. The lowest BCUT2D eigenvalue weighted by atomic mass is 9.92. The Bertz CT molecular complexity index is 1190. The van der Waals surface area contributed by atoms with Crippen LogP contribution in [0, 0.1) is 19.8 Å². The molecular formula is C27H32N4O3. The predicted octanol–water partition coefficient (Wildman–Crippen LogP) is 4.81. The van der Waals surface area contributed by atoms with E-state index in [1.807, 2.05) is 49.1 Å². The smallest absolute Gasteiger partial charge is 0.259 e. The van der Waals surface area contributed by atoms with Gasteiger partial charge in [0.2, 0.25) is 5.91 Å². The number of carbonyl (C=O) groups is 2. The molecule has 2 aromatic heterocycles. The Morgan fingerprint density at radius 1 is 1.03 bits per heavy atom. The van der Waals surface area contributed by atoms with Crippen molar-refractivity contribution in [3.63, 3.8) is 0 Å². The van der Waals surface area contributed by atoms with Crippen LogP contribution >= 0.6 is 0 Å². The van der Waals surface area contributed by atoms with Gasteiger partial charge in [0.15, 0.2) is 0 Å². The summed E-state index contributed by atoms with van der Waals surface area (Å²) in [7, 11) is 0. The van der Waals surface area contributed by atoms with Gasteiger partial charge < -0.3 is 14.7 Å². The van der Waals surface area contributed by atoms with Crippen molar-refractivity contribution in [1.82, 2.24) is 20.4 Å². The van der Waals surface area contributed by atoms with E-state index < -0.39 is 0 Å². The zero-order valence-electron chi connectivity index (χ0n) is 20.0. The van der Waals surface area contributed by atoms with Crippen molar-refractivity contribution in [2.24, 2.45) is 5.92 Å². The standard InChI is InChI=1S/C27H32N4O3/c1-17-10-12-19(13-11-17)23-15-22(24-18(2)30-34-26(24)29-23)27(33)31-14-6-7-20(16-31)25(32)28-21-8-4-3-5-9-21/h10-13,15,20-21H,3-9,14,16H2,1-2H3,(H,28,32). The molecule has 1 aliphatic heterocycles. The number of nitrogens with zero attached hydrogens (tertiary/aromatic N) is 3. The summed E-state index contributed by atoms with van der Waals surface area (Å²) in [6, 6.07) is 10.2. The van der Waals surface area contributed by atoms with Gasteiger partial charge in [-0.2, -0.15) is 0 Å². The van der Waals surface area contributed by atoms with Gasteiger partial charge >= 0.3 is 0 Å². The maximum absolute atomic E-state index is 13.8. The third-order valence-corrected chi connectivity index (χ3v) is 7.23. The second-order valence-corrected chi connectivity index (χ2v) is 9.80. The quantitative estimate of drug-likeness (QED) is 0.604. The van der Waals surface area contributed by atoms with Crippen LogP contribution in [0.2, 0.25) is 0 Å². The number of piperidine rings is 1. The highest BCUT2D eigenvalue weighted by Crippen LogP contribution is 2.29. The third kappa shape index (κ3) is 4.56. The molecule has 1 saturated carbocycles. The van der Waals surface area contributed by atoms with Crippen molar-refractivity contribution >= 4 is 22.9 Å². The topological polar surface area (TPSA) is 88.3 Å². The predicted molar refractivity (Wildman–Crippen MR) is 130 cm³/mol. The number of carbonyl (C=O) groups excluding carboxylic acids is 2. The lowest BCUT2D eigenvalue weighted by Gasteiger charge is -2.33. The molecule has 0 radical (unpaired) electrons. The van der Waals surface area contributed by atoms with Gasteiger partial charge in [0.25, 0.3) is 11.6 Å². The zero-order chi connectivity index (χ0) is 23.7. The van der Waals surface area contributed by atoms with E-state index in [-0.39, 0.29) is 23.8 Å². The molecule has 2 amide bonds. The summed E-state index contributed by atoms with van der Waals surface area (Å²) in [6.07, 6.45) is 7.37. The second kappa shape index (κ2) is 9.57. The fraction of sp³-hybridized carbons (Fsp3) is 0.481. The average molecular weight is 461 g/mol. The van der Waals surface area contributed by atoms with Gasteiger partial charge in [0.1, 0.15) is 0 Å². The normalized spacial score (nSPS) is 19.4. The van der Waals surface area contributed by atoms with Crippen LogP contribution < -0.4 is 5.32 Å². The fourth-order valence-electron chi connectivity index (χ4n) is 5.25. The highest BCUT2D eigenvalue weighted by molar-refractivity contribution is 6.07. The first-order valence-electron chi connectivity index (χ1n) is 12.4. The van der Waals surface area contributed by atoms with Crippen molar-refractivity contribution in [3.05, 3.63) is 47.2 Å². The molecule has 1 atom stereocenters. The maximum Gasteiger partial charge on any atom is 0.259 e. The van der Waals surface area contributed by atoms with E-state index in [1.54, 1.807) is 0 Å². The molecule has 2 aliphatic rings. The van der Waals surface area contributed by atoms with Crippen LogP contribution in [0.15, 0.2) is 34.9 Å². The van der Waals surface area contributed by atoms with Crippen LogP contribution in [0.3, 0.4) is 0 Å². The van der Waals surface area contributed by atoms with E-state index in [0.717, 1.165) is 36.8 Å². The molecule has 0 spiro atoms. The van der Waals surface area contributed by atoms with E-state index >= 15 is 0 Å². The summed E-state index contributed by atoms with van der Waals surface area (Å²) in [4.78, 5) is 33.2. The third-order valence-electron chi connectivity index (χ3n) is 7.23. The van der Waals surface area contributed by atoms with E-state index in [2.05, 4.69) is 15.5 Å². The van der Waals surface area contributed by atoms with Gasteiger partial charge in [-0.1, -0.05) is 54.2 Å². The summed E-state index contributed by atoms with van der Waals surface area (Å²) in [6.45, 7) is 4.93. The molecule has 1 aliphatic carbocycles. The van der Waals surface area contributed by atoms with E-state index in [1.165, 1.54) is 19.3 Å². The molecule has 1 aromatic carbocycles. The molecule has 5 rings (SSSR count). The minimum absolute atomic E-state index is 0.0887. The molecule has 1 N–H and O–H groups in total. The summed E-state index contributed by atoms with van der Waals surface area (Å²) in [5.74, 6) is -0.176. The lowest BCUT2D eigenvalue weighted by molar-refractivity contribution is -0.127. The molecule has 0 bridgehead atoms. The number of hydrogen-bond donors (Lipinski definition) is 1. The molecule has 3 heterocycles. The number of likely N-dealkylation sites (tertiary alicyclic amines) is 1. The van der Waals surface area contributed by atoms with Gasteiger partial charge in [-0.3, -0.25) is 9.59 Å². The van der Waals surface area contributed by atoms with Crippen LogP contribution in [-0.2, 0) is 4.79 Å². The molecular weight excluding hydrogens is 428 g/mol. The first-order valence-corrected chi connectivity index (χ1v) is 12.4. The van der Waals surface area contributed by atoms with Gasteiger partial charge in [0, 0.05) is 24.7 Å². The molecule has 2 fully saturated rings. The Hall–Kier alpha value is -3.22. The largest absolute Gasteiger partial charge is 0.353 e. The van der Waals surface area contributed by atoms with Gasteiger partial charge in [0.05, 0.1) is 28.3 Å². The zero-order valence-corrected chi connectivity index (χ0v) is 20.0. The summed E-state index contributed by atoms with van der Waals surface area (Å²) >= 11 is 0. The van der Waals surface area contributed by atoms with Gasteiger partial charge in [-0.15, -0.1) is 0 Å². The van der Waals surface area contributed by atoms with Crippen molar-refractivity contribution in [1.29, 1.82) is 0 Å². The van der Waals surface area contributed by atoms with Crippen LogP contribution in [-0.4, -0.2) is 46.0 Å². The number of aromatic nitrogens is 2. The van der Waals surface area contributed by atoms with Crippen LogP contribution in [0.25, 0.3) is 22.4 Å². The fourth-order valence-corrected chi connectivity index (χ4v) is 5.25. The minimum atomic E-state index is -0.169. The van der Waals surface area contributed by atoms with E-state index in [9.17, 15) is 9.59 Å². The number of aryl methyl sites for hydroxylation is 2. The second-order valence-electron chi connectivity index (χ2n) is 9.80. The van der Waals surface area contributed by atoms with Gasteiger partial charge in [-0.05, 0) is 45.6 Å². The molecule has 1 saturated heterocycles. The Labute approximate surface area is 199 Å². The Balaban J connectivity index is 1.40. The first-order chi connectivity index (χ1) is 16.5. The molecule has 7 heteroatoms. The first kappa shape index (κ1) is 22.6. The number of fused-ring (bicyclic) bond motifs is 1. The SMILES string of the molecule is Cc1ccc(-c2cc(C(=O)N3CCCC(C(=O)NC4CCCCC4)C3)c3c(C)noc3n2)cc1. The van der Waals surface area contributed by atoms with E-state index in [0.29, 0.717) is 41.1 Å². The average Bonchev–Trinajstić information content (AvgIpc) is 3.25. The summed E-state index contributed by atoms with van der Waals surface area (Å²) in [5.41, 5.74) is 4.29. The molecule has 34 heavy (non-hydrogen) atoms. The highest BCUT2D eigenvalue weighted by Gasteiger charge is 2.32. The highest BCUT2D eigenvalue weighted by atomic mass is 16.5. The number of rotatable bonds is 4. The minimum Gasteiger partial charge on any atom is -0.353 e. The molecule has 178 valence electrons. The molecule has 1 unspecified atom stereocenters. The molecule has 3 aromatic rings. The van der Waals surface area contributed by atoms with Gasteiger partial charge in [-0.25, -0.2) is 4.98 Å².